The van der Waals surface area contributed by atoms with Gasteiger partial charge in [0.05, 0.1) is 17.0 Å². The van der Waals surface area contributed by atoms with E-state index in [0.717, 1.165) is 11.3 Å². The lowest BCUT2D eigenvalue weighted by Gasteiger charge is -2.42. The molecule has 2 atom stereocenters. The van der Waals surface area contributed by atoms with Crippen molar-refractivity contribution in [3.8, 4) is 0 Å². The Kier molecular flexibility index (Phi) is 8.03. The van der Waals surface area contributed by atoms with E-state index in [-0.39, 0.29) is 35.2 Å². The van der Waals surface area contributed by atoms with Gasteiger partial charge in [-0.2, -0.15) is 4.31 Å². The van der Waals surface area contributed by atoms with E-state index < -0.39 is 49.9 Å². The summed E-state index contributed by atoms with van der Waals surface area (Å²) in [5.74, 6) is -0.311. The quantitative estimate of drug-likeness (QED) is 0.526. The van der Waals surface area contributed by atoms with Crippen molar-refractivity contribution in [2.75, 3.05) is 37.0 Å². The van der Waals surface area contributed by atoms with Crippen LogP contribution in [0.15, 0.2) is 46.0 Å². The molecule has 1 fully saturated rings. The largest absolute Gasteiger partial charge is 0.377 e. The van der Waals surface area contributed by atoms with Crippen LogP contribution in [0.4, 0.5) is 18.9 Å². The smallest absolute Gasteiger partial charge is 0.273 e. The molecule has 34 heavy (non-hydrogen) atoms. The van der Waals surface area contributed by atoms with Gasteiger partial charge in [0.2, 0.25) is 0 Å². The molecule has 3 rings (SSSR count). The number of aliphatic hydroxyl groups is 1. The predicted octanol–water partition coefficient (Wildman–Crippen LogP) is 2.87. The third-order valence-corrected chi connectivity index (χ3v) is 11.5. The minimum absolute atomic E-state index is 0.0839. The zero-order chi connectivity index (χ0) is 25.3. The standard InChI is InChI=1S/C21H27F3N2O5S3/c1-15(2)33(28,29)13-18-12-25(34(30,31)19-4-3-11-32-19)9-10-26(18)17-7-5-16(6-8-17)21(27,14-22)20(23)24/h3-8,11,15,18,20,27H,9-10,12-14H2,1-2H3/t18-,21?/m1/s1. The van der Waals surface area contributed by atoms with Crippen LogP contribution in [0.1, 0.15) is 19.4 Å². The lowest BCUT2D eigenvalue weighted by Crippen LogP contribution is -2.57. The number of anilines is 1. The average Bonchev–Trinajstić information content (AvgIpc) is 3.34. The number of halogens is 3. The highest BCUT2D eigenvalue weighted by Gasteiger charge is 2.41. The number of alkyl halides is 3. The van der Waals surface area contributed by atoms with Gasteiger partial charge in [-0.3, -0.25) is 0 Å². The molecular weight excluding hydrogens is 513 g/mol. The van der Waals surface area contributed by atoms with Gasteiger partial charge in [-0.25, -0.2) is 30.0 Å². The molecule has 1 unspecified atom stereocenters. The number of rotatable bonds is 9. The van der Waals surface area contributed by atoms with Crippen LogP contribution in [-0.2, 0) is 25.5 Å². The third-order valence-electron chi connectivity index (χ3n) is 5.94. The Morgan fingerprint density at radius 3 is 2.26 bits per heavy atom. The molecule has 0 bridgehead atoms. The molecule has 190 valence electrons. The SMILES string of the molecule is CC(C)S(=O)(=O)C[C@H]1CN(S(=O)(=O)c2cccs2)CCN1c1ccc(C(O)(CF)C(F)F)cc1. The van der Waals surface area contributed by atoms with Gasteiger partial charge < -0.3 is 10.0 Å². The highest BCUT2D eigenvalue weighted by Crippen LogP contribution is 2.32. The average molecular weight is 541 g/mol. The summed E-state index contributed by atoms with van der Waals surface area (Å²) in [5.41, 5.74) is -2.79. The van der Waals surface area contributed by atoms with Crippen LogP contribution < -0.4 is 4.90 Å². The summed E-state index contributed by atoms with van der Waals surface area (Å²) in [7, 11) is -7.36. The Balaban J connectivity index is 1.93. The van der Waals surface area contributed by atoms with Crippen LogP contribution in [-0.4, -0.2) is 76.0 Å². The van der Waals surface area contributed by atoms with Crippen molar-refractivity contribution in [1.29, 1.82) is 0 Å². The second-order valence-electron chi connectivity index (χ2n) is 8.43. The lowest BCUT2D eigenvalue weighted by atomic mass is 9.95. The summed E-state index contributed by atoms with van der Waals surface area (Å²) >= 11 is 1.07. The number of sulfone groups is 1. The molecule has 7 nitrogen and oxygen atoms in total. The maximum absolute atomic E-state index is 13.2. The second kappa shape index (κ2) is 10.1. The minimum Gasteiger partial charge on any atom is -0.377 e. The summed E-state index contributed by atoms with van der Waals surface area (Å²) in [4.78, 5) is 1.71. The van der Waals surface area contributed by atoms with Crippen LogP contribution in [0.2, 0.25) is 0 Å². The van der Waals surface area contributed by atoms with Gasteiger partial charge in [0.25, 0.3) is 16.4 Å². The fraction of sp³-hybridized carbons (Fsp3) is 0.524. The topological polar surface area (TPSA) is 95.0 Å². The molecule has 1 aliphatic heterocycles. The summed E-state index contributed by atoms with van der Waals surface area (Å²) in [5, 5.41) is 10.9. The minimum atomic E-state index is -3.80. The number of piperazine rings is 1. The van der Waals surface area contributed by atoms with Gasteiger partial charge in [-0.1, -0.05) is 18.2 Å². The van der Waals surface area contributed by atoms with E-state index >= 15 is 0 Å². The normalized spacial score (nSPS) is 20.1. The van der Waals surface area contributed by atoms with Gasteiger partial charge in [0.1, 0.15) is 10.9 Å². The van der Waals surface area contributed by atoms with E-state index in [0.29, 0.717) is 5.69 Å². The second-order valence-corrected chi connectivity index (χ2v) is 14.1. The Labute approximate surface area is 201 Å². The number of sulfonamides is 1. The van der Waals surface area contributed by atoms with E-state index in [1.165, 1.54) is 34.6 Å². The molecule has 1 aromatic carbocycles. The lowest BCUT2D eigenvalue weighted by molar-refractivity contribution is -0.114. The first kappa shape index (κ1) is 26.9. The van der Waals surface area contributed by atoms with Crippen LogP contribution in [0.3, 0.4) is 0 Å². The molecule has 1 saturated heterocycles. The fourth-order valence-corrected chi connectivity index (χ4v) is 7.55. The van der Waals surface area contributed by atoms with Crippen LogP contribution >= 0.6 is 11.3 Å². The van der Waals surface area contributed by atoms with Gasteiger partial charge in [-0.15, -0.1) is 11.3 Å². The van der Waals surface area contributed by atoms with Crippen LogP contribution in [0, 0.1) is 0 Å². The van der Waals surface area contributed by atoms with Gasteiger partial charge in [0.15, 0.2) is 15.4 Å². The first-order valence-electron chi connectivity index (χ1n) is 10.5. The van der Waals surface area contributed by atoms with Crippen molar-refractivity contribution in [2.24, 2.45) is 0 Å². The van der Waals surface area contributed by atoms with Crippen molar-refractivity contribution < 1.29 is 35.1 Å². The molecule has 0 aliphatic carbocycles. The van der Waals surface area contributed by atoms with Gasteiger partial charge in [0, 0.05) is 25.3 Å². The number of hydrogen-bond acceptors (Lipinski definition) is 7. The van der Waals surface area contributed by atoms with E-state index in [1.807, 2.05) is 0 Å². The zero-order valence-electron chi connectivity index (χ0n) is 18.6. The number of benzene rings is 1. The highest BCUT2D eigenvalue weighted by molar-refractivity contribution is 7.92. The van der Waals surface area contributed by atoms with Gasteiger partial charge in [-0.05, 0) is 43.0 Å². The molecule has 2 aromatic rings. The Morgan fingerprint density at radius 1 is 1.12 bits per heavy atom. The highest BCUT2D eigenvalue weighted by atomic mass is 32.2. The molecule has 2 heterocycles. The first-order chi connectivity index (χ1) is 15.8. The number of hydrogen-bond donors (Lipinski definition) is 1. The maximum Gasteiger partial charge on any atom is 0.273 e. The van der Waals surface area contributed by atoms with E-state index in [1.54, 1.807) is 30.2 Å². The Hall–Kier alpha value is -1.67. The molecule has 1 N–H and O–H groups in total. The summed E-state index contributed by atoms with van der Waals surface area (Å²) < 4.78 is 92.4. The maximum atomic E-state index is 13.2. The monoisotopic (exact) mass is 540 g/mol. The number of thiophene rings is 1. The van der Waals surface area contributed by atoms with E-state index in [9.17, 15) is 35.1 Å². The molecule has 0 spiro atoms. The third kappa shape index (κ3) is 5.27. The van der Waals surface area contributed by atoms with E-state index in [4.69, 9.17) is 0 Å². The molecular formula is C21H27F3N2O5S3. The van der Waals surface area contributed by atoms with Crippen molar-refractivity contribution >= 4 is 36.9 Å². The van der Waals surface area contributed by atoms with Crippen LogP contribution in [0.25, 0.3) is 0 Å². The molecule has 0 radical (unpaired) electrons. The summed E-state index contributed by atoms with van der Waals surface area (Å²) in [6.45, 7) is 1.58. The number of nitrogens with zero attached hydrogens (tertiary/aromatic N) is 2. The summed E-state index contributed by atoms with van der Waals surface area (Å²) in [6, 6.07) is 7.51. The Bertz CT molecular complexity index is 1170. The predicted molar refractivity (Wildman–Crippen MR) is 125 cm³/mol. The molecule has 1 aliphatic rings. The molecule has 13 heteroatoms. The van der Waals surface area contributed by atoms with Crippen LogP contribution in [0.5, 0.6) is 0 Å². The Morgan fingerprint density at radius 2 is 1.76 bits per heavy atom. The first-order valence-corrected chi connectivity index (χ1v) is 14.6. The van der Waals surface area contributed by atoms with E-state index in [2.05, 4.69) is 0 Å². The molecule has 0 amide bonds. The molecule has 0 saturated carbocycles. The van der Waals surface area contributed by atoms with Crippen molar-refractivity contribution in [3.63, 3.8) is 0 Å². The van der Waals surface area contributed by atoms with Crippen molar-refractivity contribution in [3.05, 3.63) is 47.3 Å². The van der Waals surface area contributed by atoms with Crippen molar-refractivity contribution in [1.82, 2.24) is 4.31 Å². The van der Waals surface area contributed by atoms with Crippen molar-refractivity contribution in [2.45, 2.75) is 41.4 Å². The zero-order valence-corrected chi connectivity index (χ0v) is 21.1. The summed E-state index contributed by atoms with van der Waals surface area (Å²) in [6.07, 6.45) is -3.33. The molecule has 1 aromatic heterocycles. The van der Waals surface area contributed by atoms with Gasteiger partial charge >= 0.3 is 0 Å². The fourth-order valence-electron chi connectivity index (χ4n) is 3.73.